The zero-order valence-corrected chi connectivity index (χ0v) is 11.0. The molecule has 2 nitrogen and oxygen atoms in total. The smallest absolute Gasteiger partial charge is 0.125 e. The minimum atomic E-state index is 0.110. The van der Waals surface area contributed by atoms with Crippen LogP contribution in [0.4, 0.5) is 0 Å². The number of hydrogen-bond donors (Lipinski definition) is 0. The van der Waals surface area contributed by atoms with Gasteiger partial charge in [0.25, 0.3) is 0 Å². The number of nitrogens with zero attached hydrogens (tertiary/aromatic N) is 1. The van der Waals surface area contributed by atoms with Crippen molar-refractivity contribution >= 4 is 17.9 Å². The second kappa shape index (κ2) is 5.19. The Morgan fingerprint density at radius 3 is 2.47 bits per heavy atom. The van der Waals surface area contributed by atoms with Gasteiger partial charge in [0, 0.05) is 36.0 Å². The van der Waals surface area contributed by atoms with Gasteiger partial charge in [0.1, 0.15) is 6.29 Å². The van der Waals surface area contributed by atoms with Crippen LogP contribution < -0.4 is 0 Å². The summed E-state index contributed by atoms with van der Waals surface area (Å²) in [7, 11) is 0. The van der Waals surface area contributed by atoms with E-state index in [1.807, 2.05) is 24.3 Å². The quantitative estimate of drug-likeness (QED) is 0.770. The molecule has 1 aliphatic heterocycles. The number of benzene rings is 1. The molecule has 2 unspecified atom stereocenters. The first-order chi connectivity index (χ1) is 8.11. The Kier molecular flexibility index (Phi) is 3.85. The Bertz CT molecular complexity index is 388. The van der Waals surface area contributed by atoms with Gasteiger partial charge in [0.15, 0.2) is 0 Å². The van der Waals surface area contributed by atoms with E-state index >= 15 is 0 Å². The largest absolute Gasteiger partial charge is 0.303 e. The van der Waals surface area contributed by atoms with E-state index in [9.17, 15) is 4.79 Å². The van der Waals surface area contributed by atoms with Gasteiger partial charge in [0.05, 0.1) is 0 Å². The number of aldehydes is 1. The van der Waals surface area contributed by atoms with Crippen LogP contribution in [0.2, 0.25) is 5.02 Å². The Morgan fingerprint density at radius 1 is 1.29 bits per heavy atom. The van der Waals surface area contributed by atoms with E-state index in [4.69, 9.17) is 11.6 Å². The zero-order chi connectivity index (χ0) is 12.4. The lowest BCUT2D eigenvalue weighted by Crippen LogP contribution is -2.28. The van der Waals surface area contributed by atoms with Crippen LogP contribution in [0.15, 0.2) is 24.3 Å². The van der Waals surface area contributed by atoms with Crippen LogP contribution in [0.1, 0.15) is 25.3 Å². The number of hydrogen-bond acceptors (Lipinski definition) is 2. The average molecular weight is 252 g/mol. The zero-order valence-electron chi connectivity index (χ0n) is 10.3. The maximum absolute atomic E-state index is 11.2. The highest BCUT2D eigenvalue weighted by atomic mass is 35.5. The minimum Gasteiger partial charge on any atom is -0.303 e. The number of likely N-dealkylation sites (tertiary alicyclic amines) is 1. The van der Waals surface area contributed by atoms with Crippen LogP contribution in [-0.2, 0) is 4.79 Å². The van der Waals surface area contributed by atoms with Crippen molar-refractivity contribution in [2.24, 2.45) is 5.92 Å². The van der Waals surface area contributed by atoms with Gasteiger partial charge in [0.2, 0.25) is 0 Å². The van der Waals surface area contributed by atoms with Crippen LogP contribution in [0.3, 0.4) is 0 Å². The van der Waals surface area contributed by atoms with Gasteiger partial charge in [-0.3, -0.25) is 4.90 Å². The number of carbonyl (C=O) groups excluding carboxylic acids is 1. The van der Waals surface area contributed by atoms with Crippen LogP contribution in [0.5, 0.6) is 0 Å². The highest BCUT2D eigenvalue weighted by molar-refractivity contribution is 6.30. The summed E-state index contributed by atoms with van der Waals surface area (Å²) < 4.78 is 0. The summed E-state index contributed by atoms with van der Waals surface area (Å²) in [5, 5.41) is 0.745. The summed E-state index contributed by atoms with van der Waals surface area (Å²) in [4.78, 5) is 13.5. The Balaban J connectivity index is 2.19. The second-order valence-electron chi connectivity index (χ2n) is 5.01. The van der Waals surface area contributed by atoms with E-state index in [1.165, 1.54) is 5.56 Å². The number of rotatable bonds is 3. The highest BCUT2D eigenvalue weighted by Gasteiger charge is 2.34. The van der Waals surface area contributed by atoms with Crippen LogP contribution in [0, 0.1) is 5.92 Å². The fourth-order valence-corrected chi connectivity index (χ4v) is 2.61. The molecule has 3 heteroatoms. The van der Waals surface area contributed by atoms with Gasteiger partial charge in [-0.15, -0.1) is 0 Å². The van der Waals surface area contributed by atoms with Crippen molar-refractivity contribution in [2.45, 2.75) is 25.8 Å². The van der Waals surface area contributed by atoms with Gasteiger partial charge in [-0.25, -0.2) is 0 Å². The third-order valence-electron chi connectivity index (χ3n) is 3.60. The first-order valence-corrected chi connectivity index (χ1v) is 6.44. The summed E-state index contributed by atoms with van der Waals surface area (Å²) in [6.45, 7) is 6.18. The number of carbonyl (C=O) groups is 1. The fraction of sp³-hybridized carbons (Fsp3) is 0.500. The van der Waals surface area contributed by atoms with E-state index in [0.29, 0.717) is 12.0 Å². The fourth-order valence-electron chi connectivity index (χ4n) is 2.48. The maximum Gasteiger partial charge on any atom is 0.125 e. The van der Waals surface area contributed by atoms with E-state index < -0.39 is 0 Å². The molecule has 1 fully saturated rings. The molecule has 2 atom stereocenters. The molecule has 1 saturated heterocycles. The molecule has 0 aliphatic carbocycles. The molecule has 92 valence electrons. The second-order valence-corrected chi connectivity index (χ2v) is 5.44. The molecule has 0 spiro atoms. The molecule has 0 amide bonds. The lowest BCUT2D eigenvalue weighted by molar-refractivity contribution is -0.111. The predicted octanol–water partition coefficient (Wildman–Crippen LogP) is 2.96. The summed E-state index contributed by atoms with van der Waals surface area (Å²) in [5.41, 5.74) is 1.22. The molecule has 2 rings (SSSR count). The van der Waals surface area contributed by atoms with Crippen molar-refractivity contribution < 1.29 is 4.79 Å². The Hall–Kier alpha value is -0.860. The van der Waals surface area contributed by atoms with Crippen molar-refractivity contribution in [1.82, 2.24) is 4.90 Å². The van der Waals surface area contributed by atoms with Gasteiger partial charge in [-0.1, -0.05) is 23.7 Å². The van der Waals surface area contributed by atoms with E-state index in [-0.39, 0.29) is 5.92 Å². The molecule has 1 aromatic rings. The SMILES string of the molecule is CC(C)N1CC(C=O)C(c2ccc(Cl)cc2)C1. The van der Waals surface area contributed by atoms with E-state index in [2.05, 4.69) is 18.7 Å². The first-order valence-electron chi connectivity index (χ1n) is 6.06. The molecule has 0 radical (unpaired) electrons. The first kappa shape index (κ1) is 12.6. The molecule has 0 aromatic heterocycles. The molecular formula is C14H18ClNO. The van der Waals surface area contributed by atoms with Crippen LogP contribution in [0.25, 0.3) is 0 Å². The molecule has 0 N–H and O–H groups in total. The third kappa shape index (κ3) is 2.70. The summed E-state index contributed by atoms with van der Waals surface area (Å²) in [6, 6.07) is 8.36. The summed E-state index contributed by atoms with van der Waals surface area (Å²) in [6.07, 6.45) is 1.10. The lowest BCUT2D eigenvalue weighted by Gasteiger charge is -2.20. The van der Waals surface area contributed by atoms with Crippen LogP contribution in [-0.4, -0.2) is 30.3 Å². The van der Waals surface area contributed by atoms with Gasteiger partial charge >= 0.3 is 0 Å². The molecule has 17 heavy (non-hydrogen) atoms. The van der Waals surface area contributed by atoms with Crippen molar-refractivity contribution in [3.8, 4) is 0 Å². The molecule has 1 heterocycles. The molecule has 1 aliphatic rings. The topological polar surface area (TPSA) is 20.3 Å². The number of halogens is 1. The van der Waals surface area contributed by atoms with Crippen molar-refractivity contribution in [2.75, 3.05) is 13.1 Å². The maximum atomic E-state index is 11.2. The lowest BCUT2D eigenvalue weighted by atomic mass is 9.90. The van der Waals surface area contributed by atoms with E-state index in [1.54, 1.807) is 0 Å². The predicted molar refractivity (Wildman–Crippen MR) is 70.5 cm³/mol. The summed E-state index contributed by atoms with van der Waals surface area (Å²) in [5.74, 6) is 0.422. The standard InChI is InChI=1S/C14H18ClNO/c1-10(2)16-7-12(9-17)14(8-16)11-3-5-13(15)6-4-11/h3-6,9-10,12,14H,7-8H2,1-2H3. The average Bonchev–Trinajstić information content (AvgIpc) is 2.74. The van der Waals surface area contributed by atoms with Gasteiger partial charge in [-0.2, -0.15) is 0 Å². The van der Waals surface area contributed by atoms with Crippen LogP contribution >= 0.6 is 11.6 Å². The Labute approximate surface area is 108 Å². The minimum absolute atomic E-state index is 0.110. The third-order valence-corrected chi connectivity index (χ3v) is 3.85. The monoisotopic (exact) mass is 251 g/mol. The molecular weight excluding hydrogens is 234 g/mol. The normalized spacial score (nSPS) is 25.4. The molecule has 0 bridgehead atoms. The Morgan fingerprint density at radius 2 is 1.94 bits per heavy atom. The summed E-state index contributed by atoms with van der Waals surface area (Å²) >= 11 is 5.89. The van der Waals surface area contributed by atoms with Gasteiger partial charge in [-0.05, 0) is 31.5 Å². The molecule has 1 aromatic carbocycles. The van der Waals surface area contributed by atoms with E-state index in [0.717, 1.165) is 24.4 Å². The molecule has 0 saturated carbocycles. The highest BCUT2D eigenvalue weighted by Crippen LogP contribution is 2.32. The van der Waals surface area contributed by atoms with Crippen molar-refractivity contribution in [3.63, 3.8) is 0 Å². The van der Waals surface area contributed by atoms with Crippen molar-refractivity contribution in [1.29, 1.82) is 0 Å². The van der Waals surface area contributed by atoms with Gasteiger partial charge < -0.3 is 4.79 Å². The van der Waals surface area contributed by atoms with Crippen molar-refractivity contribution in [3.05, 3.63) is 34.9 Å².